The maximum absolute atomic E-state index is 13.2. The van der Waals surface area contributed by atoms with Gasteiger partial charge in [0.25, 0.3) is 5.91 Å². The van der Waals surface area contributed by atoms with Crippen molar-refractivity contribution in [1.29, 1.82) is 0 Å². The molecule has 160 valence electrons. The number of nitrogens with one attached hydrogen (secondary N) is 1. The number of amides is 2. The van der Waals surface area contributed by atoms with Gasteiger partial charge in [-0.15, -0.1) is 0 Å². The SMILES string of the molecule is O=C(/C=C/c1ccc2c(c1)OCO2)Nc1ccc2c(c1)C(=O)N1CCCC[C@@H]1CCO2. The minimum absolute atomic E-state index is 0.0219. The molecule has 1 atom stereocenters. The highest BCUT2D eigenvalue weighted by atomic mass is 16.7. The van der Waals surface area contributed by atoms with E-state index in [0.717, 1.165) is 37.8 Å². The molecule has 1 saturated heterocycles. The average Bonchev–Trinajstić information content (AvgIpc) is 3.25. The molecular formula is C24H24N2O5. The summed E-state index contributed by atoms with van der Waals surface area (Å²) >= 11 is 0. The van der Waals surface area contributed by atoms with Crippen molar-refractivity contribution in [3.63, 3.8) is 0 Å². The molecule has 1 N–H and O–H groups in total. The number of fused-ring (bicyclic) bond motifs is 3. The monoisotopic (exact) mass is 420 g/mol. The minimum atomic E-state index is -0.285. The number of ether oxygens (including phenoxy) is 3. The summed E-state index contributed by atoms with van der Waals surface area (Å²) in [6.45, 7) is 1.57. The van der Waals surface area contributed by atoms with E-state index in [1.165, 1.54) is 6.08 Å². The molecule has 2 aromatic carbocycles. The van der Waals surface area contributed by atoms with Gasteiger partial charge in [-0.25, -0.2) is 0 Å². The Labute approximate surface area is 180 Å². The summed E-state index contributed by atoms with van der Waals surface area (Å²) in [6.07, 6.45) is 7.21. The van der Waals surface area contributed by atoms with E-state index < -0.39 is 0 Å². The van der Waals surface area contributed by atoms with E-state index >= 15 is 0 Å². The molecule has 2 amide bonds. The van der Waals surface area contributed by atoms with Crippen LogP contribution in [0.3, 0.4) is 0 Å². The molecule has 1 fully saturated rings. The molecule has 7 nitrogen and oxygen atoms in total. The first-order valence-corrected chi connectivity index (χ1v) is 10.6. The van der Waals surface area contributed by atoms with Gasteiger partial charge in [0, 0.05) is 30.8 Å². The molecule has 3 heterocycles. The summed E-state index contributed by atoms with van der Waals surface area (Å²) in [6, 6.07) is 10.9. The van der Waals surface area contributed by atoms with Crippen molar-refractivity contribution >= 4 is 23.6 Å². The van der Waals surface area contributed by atoms with Crippen LogP contribution in [-0.4, -0.2) is 42.7 Å². The number of nitrogens with zero attached hydrogens (tertiary/aromatic N) is 1. The number of anilines is 1. The zero-order chi connectivity index (χ0) is 21.2. The van der Waals surface area contributed by atoms with Gasteiger partial charge in [0.1, 0.15) is 5.75 Å². The van der Waals surface area contributed by atoms with Crippen molar-refractivity contribution in [1.82, 2.24) is 4.90 Å². The number of piperidine rings is 1. The zero-order valence-corrected chi connectivity index (χ0v) is 17.1. The normalized spacial score (nSPS) is 19.8. The third-order valence-electron chi connectivity index (χ3n) is 5.90. The van der Waals surface area contributed by atoms with Gasteiger partial charge >= 0.3 is 0 Å². The molecular weight excluding hydrogens is 396 g/mol. The largest absolute Gasteiger partial charge is 0.493 e. The second kappa shape index (κ2) is 8.34. The number of carbonyl (C=O) groups is 2. The molecule has 3 aliphatic rings. The van der Waals surface area contributed by atoms with Crippen molar-refractivity contribution in [2.45, 2.75) is 31.7 Å². The summed E-state index contributed by atoms with van der Waals surface area (Å²) in [5.74, 6) is 1.63. The maximum Gasteiger partial charge on any atom is 0.257 e. The van der Waals surface area contributed by atoms with Crippen molar-refractivity contribution in [3.8, 4) is 17.2 Å². The summed E-state index contributed by atoms with van der Waals surface area (Å²) < 4.78 is 16.5. The highest BCUT2D eigenvalue weighted by molar-refractivity contribution is 6.04. The van der Waals surface area contributed by atoms with Gasteiger partial charge in [-0.3, -0.25) is 9.59 Å². The lowest BCUT2D eigenvalue weighted by Gasteiger charge is -2.37. The topological polar surface area (TPSA) is 77.1 Å². The van der Waals surface area contributed by atoms with Gasteiger partial charge in [0.2, 0.25) is 12.7 Å². The third kappa shape index (κ3) is 4.08. The van der Waals surface area contributed by atoms with Crippen molar-refractivity contribution in [3.05, 3.63) is 53.6 Å². The van der Waals surface area contributed by atoms with Crippen LogP contribution in [0.5, 0.6) is 17.2 Å². The Morgan fingerprint density at radius 3 is 2.81 bits per heavy atom. The van der Waals surface area contributed by atoms with Crippen LogP contribution in [0.15, 0.2) is 42.5 Å². The lowest BCUT2D eigenvalue weighted by atomic mass is 9.97. The van der Waals surface area contributed by atoms with Gasteiger partial charge in [-0.2, -0.15) is 0 Å². The first-order valence-electron chi connectivity index (χ1n) is 10.6. The van der Waals surface area contributed by atoms with Gasteiger partial charge in [-0.05, 0) is 61.2 Å². The van der Waals surface area contributed by atoms with Crippen LogP contribution in [-0.2, 0) is 4.79 Å². The first-order chi connectivity index (χ1) is 15.2. The standard InChI is InChI=1S/C24H24N2O5/c27-23(9-5-16-4-7-21-22(13-16)31-15-30-21)25-17-6-8-20-19(14-17)24(28)26-11-2-1-3-18(26)10-12-29-20/h4-9,13-14,18H,1-3,10-12,15H2,(H,25,27)/b9-5+/t18-/m1/s1. The second-order valence-electron chi connectivity index (χ2n) is 7.93. The van der Waals surface area contributed by atoms with E-state index in [0.29, 0.717) is 35.1 Å². The van der Waals surface area contributed by atoms with Crippen LogP contribution in [0.25, 0.3) is 6.08 Å². The van der Waals surface area contributed by atoms with E-state index in [1.54, 1.807) is 24.3 Å². The lowest BCUT2D eigenvalue weighted by molar-refractivity contribution is -0.111. The molecule has 0 aliphatic carbocycles. The molecule has 2 aromatic rings. The Morgan fingerprint density at radius 2 is 1.87 bits per heavy atom. The minimum Gasteiger partial charge on any atom is -0.493 e. The molecule has 7 heteroatoms. The van der Waals surface area contributed by atoms with E-state index in [9.17, 15) is 9.59 Å². The molecule has 3 aliphatic heterocycles. The average molecular weight is 420 g/mol. The zero-order valence-electron chi connectivity index (χ0n) is 17.1. The lowest BCUT2D eigenvalue weighted by Crippen LogP contribution is -2.45. The maximum atomic E-state index is 13.2. The van der Waals surface area contributed by atoms with Gasteiger partial charge < -0.3 is 24.4 Å². The molecule has 0 spiro atoms. The fourth-order valence-electron chi connectivity index (χ4n) is 4.30. The van der Waals surface area contributed by atoms with Crippen LogP contribution >= 0.6 is 0 Å². The number of hydrogen-bond donors (Lipinski definition) is 1. The number of rotatable bonds is 3. The number of hydrogen-bond acceptors (Lipinski definition) is 5. The quantitative estimate of drug-likeness (QED) is 0.764. The van der Waals surface area contributed by atoms with Crippen molar-refractivity contribution in [2.24, 2.45) is 0 Å². The summed E-state index contributed by atoms with van der Waals surface area (Å²) in [5, 5.41) is 2.84. The first kappa shape index (κ1) is 19.5. The van der Waals surface area contributed by atoms with E-state index in [4.69, 9.17) is 14.2 Å². The van der Waals surface area contributed by atoms with Crippen molar-refractivity contribution in [2.75, 3.05) is 25.3 Å². The molecule has 0 saturated carbocycles. The third-order valence-corrected chi connectivity index (χ3v) is 5.90. The highest BCUT2D eigenvalue weighted by Gasteiger charge is 2.31. The number of carbonyl (C=O) groups excluding carboxylic acids is 2. The van der Waals surface area contributed by atoms with E-state index in [1.807, 2.05) is 23.1 Å². The Kier molecular flexibility index (Phi) is 5.24. The predicted octanol–water partition coefficient (Wildman–Crippen LogP) is 3.84. The summed E-state index contributed by atoms with van der Waals surface area (Å²) in [4.78, 5) is 27.6. The highest BCUT2D eigenvalue weighted by Crippen LogP contribution is 2.33. The van der Waals surface area contributed by atoms with Gasteiger partial charge in [0.15, 0.2) is 11.5 Å². The summed E-state index contributed by atoms with van der Waals surface area (Å²) in [5.41, 5.74) is 1.90. The fourth-order valence-corrected chi connectivity index (χ4v) is 4.30. The molecule has 0 radical (unpaired) electrons. The van der Waals surface area contributed by atoms with Gasteiger partial charge in [0.05, 0.1) is 12.2 Å². The summed E-state index contributed by atoms with van der Waals surface area (Å²) in [7, 11) is 0. The molecule has 0 bridgehead atoms. The Balaban J connectivity index is 1.31. The van der Waals surface area contributed by atoms with E-state index in [-0.39, 0.29) is 24.6 Å². The predicted molar refractivity (Wildman–Crippen MR) is 115 cm³/mol. The van der Waals surface area contributed by atoms with Gasteiger partial charge in [-0.1, -0.05) is 6.07 Å². The fraction of sp³-hybridized carbons (Fsp3) is 0.333. The van der Waals surface area contributed by atoms with E-state index in [2.05, 4.69) is 5.32 Å². The Morgan fingerprint density at radius 1 is 1.00 bits per heavy atom. The Bertz CT molecular complexity index is 1050. The van der Waals surface area contributed by atoms with Crippen molar-refractivity contribution < 1.29 is 23.8 Å². The van der Waals surface area contributed by atoms with Crippen LogP contribution < -0.4 is 19.5 Å². The Hall–Kier alpha value is -3.48. The second-order valence-corrected chi connectivity index (χ2v) is 7.93. The molecule has 31 heavy (non-hydrogen) atoms. The molecule has 0 unspecified atom stereocenters. The van der Waals surface area contributed by atoms with Crippen LogP contribution in [0, 0.1) is 0 Å². The smallest absolute Gasteiger partial charge is 0.257 e. The molecule has 5 rings (SSSR count). The van der Waals surface area contributed by atoms with Crippen LogP contribution in [0.2, 0.25) is 0 Å². The molecule has 0 aromatic heterocycles. The number of benzene rings is 2. The van der Waals surface area contributed by atoms with Crippen LogP contribution in [0.4, 0.5) is 5.69 Å². The van der Waals surface area contributed by atoms with Crippen LogP contribution in [0.1, 0.15) is 41.6 Å².